The number of hydrogen-bond acceptors (Lipinski definition) is 5. The maximum atomic E-state index is 12.3. The maximum absolute atomic E-state index is 12.3. The Bertz CT molecular complexity index is 1260. The molecule has 162 valence electrons. The number of ether oxygens (including phenoxy) is 3. The third-order valence-corrected chi connectivity index (χ3v) is 5.94. The first kappa shape index (κ1) is 22.4. The summed E-state index contributed by atoms with van der Waals surface area (Å²) in [6.45, 7) is 0.375. The summed E-state index contributed by atoms with van der Waals surface area (Å²) in [5, 5.41) is 0.826. The highest BCUT2D eigenvalue weighted by Crippen LogP contribution is 2.31. The minimum absolute atomic E-state index is 0.128. The van der Waals surface area contributed by atoms with Crippen LogP contribution >= 0.6 is 39.1 Å². The van der Waals surface area contributed by atoms with E-state index in [2.05, 4.69) is 20.9 Å². The highest BCUT2D eigenvalue weighted by molar-refractivity contribution is 9.10. The third-order valence-electron chi connectivity index (χ3n) is 4.61. The standard InChI is InChI=1S/C24H16BrCl2NO4/c1-30-22-11-14(6-9-21(22)31-13-15-4-2-3-5-18(15)25)10-20-24(29)32-23(28-20)17-8-7-16(26)12-19(17)27/h2-12H,13H2,1H3/b20-10-. The lowest BCUT2D eigenvalue weighted by Gasteiger charge is -2.12. The van der Waals surface area contributed by atoms with Gasteiger partial charge in [0, 0.05) is 15.1 Å². The average molecular weight is 533 g/mol. The number of rotatable bonds is 6. The van der Waals surface area contributed by atoms with Crippen molar-refractivity contribution in [3.05, 3.63) is 97.6 Å². The van der Waals surface area contributed by atoms with Crippen molar-refractivity contribution in [2.75, 3.05) is 7.11 Å². The van der Waals surface area contributed by atoms with Gasteiger partial charge in [0.05, 0.1) is 17.7 Å². The highest BCUT2D eigenvalue weighted by atomic mass is 79.9. The van der Waals surface area contributed by atoms with Crippen LogP contribution in [0.4, 0.5) is 0 Å². The summed E-state index contributed by atoms with van der Waals surface area (Å²) in [4.78, 5) is 16.6. The predicted molar refractivity (Wildman–Crippen MR) is 129 cm³/mol. The van der Waals surface area contributed by atoms with Gasteiger partial charge in [-0.2, -0.15) is 0 Å². The number of carbonyl (C=O) groups excluding carboxylic acids is 1. The largest absolute Gasteiger partial charge is 0.493 e. The quantitative estimate of drug-likeness (QED) is 0.262. The van der Waals surface area contributed by atoms with Gasteiger partial charge < -0.3 is 14.2 Å². The molecule has 8 heteroatoms. The normalized spacial score (nSPS) is 14.3. The molecule has 1 heterocycles. The number of carbonyl (C=O) groups is 1. The summed E-state index contributed by atoms with van der Waals surface area (Å²) < 4.78 is 17.6. The van der Waals surface area contributed by atoms with Crippen molar-refractivity contribution in [1.82, 2.24) is 0 Å². The van der Waals surface area contributed by atoms with E-state index in [0.717, 1.165) is 10.0 Å². The van der Waals surface area contributed by atoms with Gasteiger partial charge in [0.1, 0.15) is 6.61 Å². The Labute approximate surface area is 203 Å². The summed E-state index contributed by atoms with van der Waals surface area (Å²) >= 11 is 15.6. The lowest BCUT2D eigenvalue weighted by molar-refractivity contribution is -0.129. The molecule has 0 unspecified atom stereocenters. The highest BCUT2D eigenvalue weighted by Gasteiger charge is 2.25. The summed E-state index contributed by atoms with van der Waals surface area (Å²) in [5.74, 6) is 0.668. The zero-order valence-corrected chi connectivity index (χ0v) is 19.9. The molecular formula is C24H16BrCl2NO4. The monoisotopic (exact) mass is 531 g/mol. The second kappa shape index (κ2) is 9.77. The molecule has 32 heavy (non-hydrogen) atoms. The molecule has 0 N–H and O–H groups in total. The number of methoxy groups -OCH3 is 1. The number of esters is 1. The van der Waals surface area contributed by atoms with Crippen molar-refractivity contribution in [2.45, 2.75) is 6.61 Å². The number of aliphatic imine (C=N–C) groups is 1. The molecule has 0 bridgehead atoms. The van der Waals surface area contributed by atoms with Crippen LogP contribution in [-0.4, -0.2) is 19.0 Å². The first-order valence-corrected chi connectivity index (χ1v) is 11.0. The van der Waals surface area contributed by atoms with Gasteiger partial charge in [-0.25, -0.2) is 9.79 Å². The lowest BCUT2D eigenvalue weighted by Crippen LogP contribution is -2.05. The number of cyclic esters (lactones) is 1. The Hall–Kier alpha value is -2.80. The fourth-order valence-electron chi connectivity index (χ4n) is 3.01. The van der Waals surface area contributed by atoms with Gasteiger partial charge in [0.25, 0.3) is 0 Å². The van der Waals surface area contributed by atoms with Gasteiger partial charge in [0.2, 0.25) is 5.90 Å². The van der Waals surface area contributed by atoms with Crippen LogP contribution in [0.2, 0.25) is 10.0 Å². The molecule has 1 aliphatic rings. The first-order valence-electron chi connectivity index (χ1n) is 9.47. The number of hydrogen-bond donors (Lipinski definition) is 0. The van der Waals surface area contributed by atoms with Gasteiger partial charge in [-0.1, -0.05) is 63.4 Å². The Balaban J connectivity index is 1.56. The van der Waals surface area contributed by atoms with Crippen LogP contribution in [0.3, 0.4) is 0 Å². The molecule has 3 aromatic rings. The number of nitrogens with zero attached hydrogens (tertiary/aromatic N) is 1. The summed E-state index contributed by atoms with van der Waals surface area (Å²) in [5.41, 5.74) is 2.35. The van der Waals surface area contributed by atoms with E-state index in [1.54, 1.807) is 49.6 Å². The Morgan fingerprint density at radius 1 is 1.06 bits per heavy atom. The molecule has 0 amide bonds. The van der Waals surface area contributed by atoms with Crippen molar-refractivity contribution in [1.29, 1.82) is 0 Å². The van der Waals surface area contributed by atoms with Crippen LogP contribution in [0.15, 0.2) is 75.8 Å². The number of benzene rings is 3. The number of halogens is 3. The molecule has 0 saturated carbocycles. The summed E-state index contributed by atoms with van der Waals surface area (Å²) in [6, 6.07) is 18.0. The molecule has 3 aromatic carbocycles. The lowest BCUT2D eigenvalue weighted by atomic mass is 10.1. The fraction of sp³-hybridized carbons (Fsp3) is 0.0833. The summed E-state index contributed by atoms with van der Waals surface area (Å²) in [7, 11) is 1.56. The maximum Gasteiger partial charge on any atom is 0.363 e. The van der Waals surface area contributed by atoms with Gasteiger partial charge in [-0.15, -0.1) is 0 Å². The second-order valence-electron chi connectivity index (χ2n) is 6.75. The van der Waals surface area contributed by atoms with Crippen molar-refractivity contribution >= 4 is 57.1 Å². The molecule has 0 aromatic heterocycles. The van der Waals surface area contributed by atoms with E-state index >= 15 is 0 Å². The molecule has 0 atom stereocenters. The second-order valence-corrected chi connectivity index (χ2v) is 8.45. The van der Waals surface area contributed by atoms with E-state index in [9.17, 15) is 4.79 Å². The zero-order chi connectivity index (χ0) is 22.7. The van der Waals surface area contributed by atoms with Gasteiger partial charge >= 0.3 is 5.97 Å². The van der Waals surface area contributed by atoms with E-state index in [4.69, 9.17) is 37.4 Å². The van der Waals surface area contributed by atoms with Crippen molar-refractivity contribution in [3.8, 4) is 11.5 Å². The molecule has 0 fully saturated rings. The minimum Gasteiger partial charge on any atom is -0.493 e. The van der Waals surface area contributed by atoms with Crippen molar-refractivity contribution in [2.24, 2.45) is 4.99 Å². The molecular weight excluding hydrogens is 517 g/mol. The zero-order valence-electron chi connectivity index (χ0n) is 16.8. The predicted octanol–water partition coefficient (Wildman–Crippen LogP) is 6.69. The van der Waals surface area contributed by atoms with Crippen LogP contribution in [-0.2, 0) is 16.1 Å². The van der Waals surface area contributed by atoms with E-state index in [-0.39, 0.29) is 11.6 Å². The molecule has 0 saturated heterocycles. The van der Waals surface area contributed by atoms with Gasteiger partial charge in [-0.05, 0) is 48.0 Å². The van der Waals surface area contributed by atoms with Crippen LogP contribution in [0, 0.1) is 0 Å². The molecule has 0 spiro atoms. The third kappa shape index (κ3) is 4.99. The van der Waals surface area contributed by atoms with Crippen LogP contribution in [0.5, 0.6) is 11.5 Å². The molecule has 0 aliphatic carbocycles. The first-order chi connectivity index (χ1) is 15.4. The van der Waals surface area contributed by atoms with E-state index in [0.29, 0.717) is 39.3 Å². The van der Waals surface area contributed by atoms with E-state index < -0.39 is 5.97 Å². The van der Waals surface area contributed by atoms with Gasteiger partial charge in [-0.3, -0.25) is 0 Å². The van der Waals surface area contributed by atoms with Gasteiger partial charge in [0.15, 0.2) is 17.2 Å². The Kier molecular flexibility index (Phi) is 6.84. The Morgan fingerprint density at radius 3 is 2.62 bits per heavy atom. The smallest absolute Gasteiger partial charge is 0.363 e. The average Bonchev–Trinajstić information content (AvgIpc) is 3.13. The molecule has 0 radical (unpaired) electrons. The SMILES string of the molecule is COc1cc(/C=C2\N=C(c3ccc(Cl)cc3Cl)OC2=O)ccc1OCc1ccccc1Br. The minimum atomic E-state index is -0.570. The molecule has 5 nitrogen and oxygen atoms in total. The fourth-order valence-corrected chi connectivity index (χ4v) is 3.90. The topological polar surface area (TPSA) is 57.1 Å². The summed E-state index contributed by atoms with van der Waals surface area (Å²) in [6.07, 6.45) is 1.61. The van der Waals surface area contributed by atoms with Crippen molar-refractivity contribution < 1.29 is 19.0 Å². The molecule has 4 rings (SSSR count). The van der Waals surface area contributed by atoms with Crippen LogP contribution in [0.1, 0.15) is 16.7 Å². The van der Waals surface area contributed by atoms with Crippen LogP contribution < -0.4 is 9.47 Å². The van der Waals surface area contributed by atoms with E-state index in [1.807, 2.05) is 24.3 Å². The van der Waals surface area contributed by atoms with E-state index in [1.165, 1.54) is 0 Å². The Morgan fingerprint density at radius 2 is 1.88 bits per heavy atom. The van der Waals surface area contributed by atoms with Crippen molar-refractivity contribution in [3.63, 3.8) is 0 Å². The van der Waals surface area contributed by atoms with Crippen LogP contribution in [0.25, 0.3) is 6.08 Å². The molecule has 1 aliphatic heterocycles.